The number of hydrogen-bond acceptors (Lipinski definition) is 2. The second kappa shape index (κ2) is 4.80. The fraction of sp³-hybridized carbons (Fsp3) is 0.588. The van der Waals surface area contributed by atoms with Crippen LogP contribution in [-0.4, -0.2) is 23.1 Å². The van der Waals surface area contributed by atoms with Gasteiger partial charge in [0.2, 0.25) is 0 Å². The fourth-order valence-corrected chi connectivity index (χ4v) is 2.84. The molecule has 1 aromatic carbocycles. The van der Waals surface area contributed by atoms with Gasteiger partial charge in [-0.05, 0) is 38.8 Å². The van der Waals surface area contributed by atoms with Crippen LogP contribution in [0, 0.1) is 0 Å². The first kappa shape index (κ1) is 14.9. The van der Waals surface area contributed by atoms with Crippen LogP contribution in [-0.2, 0) is 10.2 Å². The van der Waals surface area contributed by atoms with Crippen molar-refractivity contribution < 1.29 is 9.53 Å². The lowest BCUT2D eigenvalue weighted by Gasteiger charge is -2.44. The van der Waals surface area contributed by atoms with Gasteiger partial charge in [-0.2, -0.15) is 0 Å². The third kappa shape index (κ3) is 2.82. The Labute approximate surface area is 121 Å². The van der Waals surface area contributed by atoms with Crippen LogP contribution in [0.4, 0.5) is 4.79 Å². The Bertz CT molecular complexity index is 514. The number of hydrogen-bond donors (Lipinski definition) is 0. The molecule has 110 valence electrons. The molecular formula is C17H25NO2. The van der Waals surface area contributed by atoms with Gasteiger partial charge < -0.3 is 9.64 Å². The number of rotatable bonds is 0. The standard InChI is InChI=1S/C17H25NO2/c1-12-13-9-7-8-10-14(13)17(5,6)11-18(12)15(19)20-16(2,3)4/h7-10,12H,11H2,1-6H3. The highest BCUT2D eigenvalue weighted by Crippen LogP contribution is 2.39. The van der Waals surface area contributed by atoms with Crippen molar-refractivity contribution >= 4 is 6.09 Å². The first-order valence-corrected chi connectivity index (χ1v) is 7.21. The van der Waals surface area contributed by atoms with Gasteiger partial charge in [-0.15, -0.1) is 0 Å². The third-order valence-electron chi connectivity index (χ3n) is 3.80. The van der Waals surface area contributed by atoms with Gasteiger partial charge in [0.1, 0.15) is 5.60 Å². The van der Waals surface area contributed by atoms with E-state index in [1.165, 1.54) is 11.1 Å². The summed E-state index contributed by atoms with van der Waals surface area (Å²) in [7, 11) is 0. The number of carbonyl (C=O) groups is 1. The SMILES string of the molecule is CC1c2ccccc2C(C)(C)CN1C(=O)OC(C)(C)C. The van der Waals surface area contributed by atoms with Crippen molar-refractivity contribution in [1.82, 2.24) is 4.90 Å². The summed E-state index contributed by atoms with van der Waals surface area (Å²) >= 11 is 0. The van der Waals surface area contributed by atoms with Crippen molar-refractivity contribution in [2.75, 3.05) is 6.54 Å². The molecule has 0 N–H and O–H groups in total. The van der Waals surface area contributed by atoms with E-state index in [-0.39, 0.29) is 17.6 Å². The summed E-state index contributed by atoms with van der Waals surface area (Å²) in [5.74, 6) is 0. The summed E-state index contributed by atoms with van der Waals surface area (Å²) in [6.07, 6.45) is -0.229. The normalized spacial score (nSPS) is 21.3. The van der Waals surface area contributed by atoms with Crippen LogP contribution in [0.1, 0.15) is 58.7 Å². The molecule has 20 heavy (non-hydrogen) atoms. The predicted octanol–water partition coefficient (Wildman–Crippen LogP) is 4.28. The van der Waals surface area contributed by atoms with Crippen LogP contribution in [0.3, 0.4) is 0 Å². The molecule has 2 rings (SSSR count). The van der Waals surface area contributed by atoms with Crippen LogP contribution in [0.15, 0.2) is 24.3 Å². The van der Waals surface area contributed by atoms with Gasteiger partial charge in [-0.1, -0.05) is 38.1 Å². The Kier molecular flexibility index (Phi) is 3.57. The largest absolute Gasteiger partial charge is 0.444 e. The minimum absolute atomic E-state index is 0.0501. The molecule has 0 radical (unpaired) electrons. The number of ether oxygens (including phenoxy) is 1. The zero-order valence-electron chi connectivity index (χ0n) is 13.4. The first-order chi connectivity index (χ1) is 9.12. The van der Waals surface area contributed by atoms with Crippen molar-refractivity contribution in [3.05, 3.63) is 35.4 Å². The molecule has 1 amide bonds. The number of benzene rings is 1. The summed E-state index contributed by atoms with van der Waals surface area (Å²) in [5, 5.41) is 0. The Morgan fingerprint density at radius 1 is 1.30 bits per heavy atom. The smallest absolute Gasteiger partial charge is 0.410 e. The van der Waals surface area contributed by atoms with Gasteiger partial charge in [0.25, 0.3) is 0 Å². The monoisotopic (exact) mass is 275 g/mol. The Hall–Kier alpha value is -1.51. The maximum absolute atomic E-state index is 12.4. The van der Waals surface area contributed by atoms with Crippen LogP contribution in [0.25, 0.3) is 0 Å². The zero-order valence-corrected chi connectivity index (χ0v) is 13.4. The van der Waals surface area contributed by atoms with Crippen molar-refractivity contribution in [2.45, 2.75) is 58.6 Å². The number of carbonyl (C=O) groups excluding carboxylic acids is 1. The molecule has 1 heterocycles. The Balaban J connectivity index is 2.34. The van der Waals surface area contributed by atoms with E-state index in [1.807, 2.05) is 31.7 Å². The number of amides is 1. The molecule has 1 atom stereocenters. The molecule has 3 nitrogen and oxygen atoms in total. The summed E-state index contributed by atoms with van der Waals surface area (Å²) in [5.41, 5.74) is 2.03. The van der Waals surface area contributed by atoms with Crippen LogP contribution in [0.2, 0.25) is 0 Å². The van der Waals surface area contributed by atoms with E-state index in [0.717, 1.165) is 0 Å². The minimum Gasteiger partial charge on any atom is -0.444 e. The number of nitrogens with zero attached hydrogens (tertiary/aromatic N) is 1. The average molecular weight is 275 g/mol. The lowest BCUT2D eigenvalue weighted by atomic mass is 9.76. The quantitative estimate of drug-likeness (QED) is 0.707. The summed E-state index contributed by atoms with van der Waals surface area (Å²) < 4.78 is 5.54. The van der Waals surface area contributed by atoms with Crippen LogP contribution in [0.5, 0.6) is 0 Å². The minimum atomic E-state index is -0.460. The molecule has 0 aliphatic carbocycles. The van der Waals surface area contributed by atoms with Gasteiger partial charge >= 0.3 is 6.09 Å². The van der Waals surface area contributed by atoms with Gasteiger partial charge in [-0.3, -0.25) is 0 Å². The van der Waals surface area contributed by atoms with Gasteiger partial charge in [0.15, 0.2) is 0 Å². The van der Waals surface area contributed by atoms with Gasteiger partial charge in [-0.25, -0.2) is 4.79 Å². The van der Waals surface area contributed by atoms with E-state index in [9.17, 15) is 4.79 Å². The Morgan fingerprint density at radius 2 is 1.90 bits per heavy atom. The Morgan fingerprint density at radius 3 is 2.50 bits per heavy atom. The van der Waals surface area contributed by atoms with Crippen LogP contribution >= 0.6 is 0 Å². The molecule has 0 aromatic heterocycles. The molecule has 3 heteroatoms. The molecule has 1 unspecified atom stereocenters. The van der Waals surface area contributed by atoms with E-state index in [4.69, 9.17) is 4.74 Å². The van der Waals surface area contributed by atoms with Crippen molar-refractivity contribution in [3.63, 3.8) is 0 Å². The van der Waals surface area contributed by atoms with Crippen LogP contribution < -0.4 is 0 Å². The molecule has 0 spiro atoms. The van der Waals surface area contributed by atoms with E-state index < -0.39 is 5.60 Å². The summed E-state index contributed by atoms with van der Waals surface area (Å²) in [6, 6.07) is 8.42. The van der Waals surface area contributed by atoms with Crippen molar-refractivity contribution in [2.24, 2.45) is 0 Å². The second-order valence-corrected chi connectivity index (χ2v) is 7.26. The highest BCUT2D eigenvalue weighted by atomic mass is 16.6. The second-order valence-electron chi connectivity index (χ2n) is 7.26. The van der Waals surface area contributed by atoms with E-state index in [1.54, 1.807) is 0 Å². The van der Waals surface area contributed by atoms with E-state index in [0.29, 0.717) is 6.54 Å². The maximum Gasteiger partial charge on any atom is 0.410 e. The summed E-state index contributed by atoms with van der Waals surface area (Å²) in [4.78, 5) is 14.3. The molecule has 0 fully saturated rings. The third-order valence-corrected chi connectivity index (χ3v) is 3.80. The average Bonchev–Trinajstić information content (AvgIpc) is 2.32. The molecule has 1 aliphatic heterocycles. The van der Waals surface area contributed by atoms with E-state index >= 15 is 0 Å². The predicted molar refractivity (Wildman–Crippen MR) is 80.8 cm³/mol. The number of fused-ring (bicyclic) bond motifs is 1. The molecule has 1 aromatic rings. The molecule has 0 saturated heterocycles. The zero-order chi connectivity index (χ0) is 15.1. The maximum atomic E-state index is 12.4. The highest BCUT2D eigenvalue weighted by Gasteiger charge is 2.39. The topological polar surface area (TPSA) is 29.5 Å². The molecular weight excluding hydrogens is 250 g/mol. The first-order valence-electron chi connectivity index (χ1n) is 7.21. The van der Waals surface area contributed by atoms with Crippen molar-refractivity contribution in [1.29, 1.82) is 0 Å². The van der Waals surface area contributed by atoms with E-state index in [2.05, 4.69) is 39.0 Å². The molecule has 0 bridgehead atoms. The van der Waals surface area contributed by atoms with Gasteiger partial charge in [0, 0.05) is 12.0 Å². The highest BCUT2D eigenvalue weighted by molar-refractivity contribution is 5.70. The lowest BCUT2D eigenvalue weighted by Crippen LogP contribution is -2.48. The molecule has 0 saturated carbocycles. The van der Waals surface area contributed by atoms with Crippen molar-refractivity contribution in [3.8, 4) is 0 Å². The lowest BCUT2D eigenvalue weighted by molar-refractivity contribution is 0.00997. The fourth-order valence-electron chi connectivity index (χ4n) is 2.84. The van der Waals surface area contributed by atoms with Gasteiger partial charge in [0.05, 0.1) is 6.04 Å². The molecule has 1 aliphatic rings. The summed E-state index contributed by atoms with van der Waals surface area (Å²) in [6.45, 7) is 12.8.